The van der Waals surface area contributed by atoms with E-state index in [1.54, 1.807) is 28.0 Å². The molecule has 0 bridgehead atoms. The minimum Gasteiger partial charge on any atom is -0.453 e. The quantitative estimate of drug-likeness (QED) is 0.712. The summed E-state index contributed by atoms with van der Waals surface area (Å²) >= 11 is 0. The average Bonchev–Trinajstić information content (AvgIpc) is 2.88. The van der Waals surface area contributed by atoms with E-state index in [4.69, 9.17) is 4.74 Å². The molecular weight excluding hydrogens is 441 g/mol. The summed E-state index contributed by atoms with van der Waals surface area (Å²) in [5, 5.41) is 5.94. The molecule has 2 aliphatic heterocycles. The Morgan fingerprint density at radius 2 is 1.53 bits per heavy atom. The maximum Gasteiger partial charge on any atom is 0.411 e. The molecule has 2 N–H and O–H groups in total. The summed E-state index contributed by atoms with van der Waals surface area (Å²) in [5.74, 6) is -0.756. The van der Waals surface area contributed by atoms with Crippen LogP contribution in [0.25, 0.3) is 0 Å². The first kappa shape index (κ1) is 23.5. The first-order valence-corrected chi connectivity index (χ1v) is 11.2. The predicted molar refractivity (Wildman–Crippen MR) is 126 cm³/mol. The lowest BCUT2D eigenvalue weighted by molar-refractivity contribution is 0.0731. The summed E-state index contributed by atoms with van der Waals surface area (Å²) < 4.78 is 18.3. The first-order chi connectivity index (χ1) is 16.5. The molecule has 2 aliphatic rings. The molecule has 2 aromatic carbocycles. The number of rotatable bonds is 4. The summed E-state index contributed by atoms with van der Waals surface area (Å²) in [6.45, 7) is 4.65. The fourth-order valence-electron chi connectivity index (χ4n) is 4.21. The number of benzene rings is 2. The zero-order chi connectivity index (χ0) is 24.1. The zero-order valence-corrected chi connectivity index (χ0v) is 19.1. The van der Waals surface area contributed by atoms with E-state index >= 15 is 0 Å². The Morgan fingerprint density at radius 3 is 2.18 bits per heavy atom. The van der Waals surface area contributed by atoms with Crippen LogP contribution in [0.2, 0.25) is 0 Å². The van der Waals surface area contributed by atoms with E-state index in [9.17, 15) is 18.8 Å². The van der Waals surface area contributed by atoms with Crippen molar-refractivity contribution in [3.05, 3.63) is 59.4 Å². The molecule has 2 saturated heterocycles. The number of amides is 3. The number of carbonyl (C=O) groups is 3. The van der Waals surface area contributed by atoms with Crippen LogP contribution in [-0.4, -0.2) is 87.2 Å². The van der Waals surface area contributed by atoms with Crippen molar-refractivity contribution in [3.63, 3.8) is 0 Å². The van der Waals surface area contributed by atoms with Gasteiger partial charge in [0, 0.05) is 63.5 Å². The summed E-state index contributed by atoms with van der Waals surface area (Å²) in [4.78, 5) is 43.2. The Kier molecular flexibility index (Phi) is 7.27. The predicted octanol–water partition coefficient (Wildman–Crippen LogP) is 2.01. The summed E-state index contributed by atoms with van der Waals surface area (Å²) in [6, 6.07) is 10.9. The van der Waals surface area contributed by atoms with Gasteiger partial charge in [0.2, 0.25) is 0 Å². The lowest BCUT2D eigenvalue weighted by Gasteiger charge is -2.37. The van der Waals surface area contributed by atoms with Gasteiger partial charge < -0.3 is 24.8 Å². The van der Waals surface area contributed by atoms with Crippen LogP contribution in [-0.2, 0) is 4.74 Å². The number of halogens is 1. The molecule has 34 heavy (non-hydrogen) atoms. The fraction of sp³-hybridized carbons (Fsp3) is 0.375. The third-order valence-electron chi connectivity index (χ3n) is 6.05. The van der Waals surface area contributed by atoms with Gasteiger partial charge in [0.15, 0.2) is 0 Å². The second-order valence-electron chi connectivity index (χ2n) is 8.18. The van der Waals surface area contributed by atoms with Crippen molar-refractivity contribution in [2.24, 2.45) is 0 Å². The molecule has 9 nitrogen and oxygen atoms in total. The number of anilines is 2. The Labute approximate surface area is 197 Å². The van der Waals surface area contributed by atoms with Crippen LogP contribution < -0.4 is 15.5 Å². The highest BCUT2D eigenvalue weighted by Crippen LogP contribution is 2.29. The third-order valence-corrected chi connectivity index (χ3v) is 6.05. The second-order valence-corrected chi connectivity index (χ2v) is 8.18. The summed E-state index contributed by atoms with van der Waals surface area (Å²) in [7, 11) is 1.28. The van der Waals surface area contributed by atoms with E-state index in [-0.39, 0.29) is 11.8 Å². The number of carbonyl (C=O) groups excluding carboxylic acids is 3. The molecule has 0 saturated carbocycles. The van der Waals surface area contributed by atoms with Gasteiger partial charge in [-0.15, -0.1) is 0 Å². The highest BCUT2D eigenvalue weighted by atomic mass is 19.1. The number of hydrogen-bond donors (Lipinski definition) is 2. The van der Waals surface area contributed by atoms with Crippen molar-refractivity contribution in [1.82, 2.24) is 15.1 Å². The lowest BCUT2D eigenvalue weighted by atomic mass is 10.1. The highest BCUT2D eigenvalue weighted by Gasteiger charge is 2.26. The van der Waals surface area contributed by atoms with Crippen LogP contribution in [0.5, 0.6) is 0 Å². The lowest BCUT2D eigenvalue weighted by Crippen LogP contribution is -2.49. The second kappa shape index (κ2) is 10.5. The summed E-state index contributed by atoms with van der Waals surface area (Å²) in [5.41, 5.74) is 2.01. The van der Waals surface area contributed by atoms with Gasteiger partial charge in [-0.25, -0.2) is 9.18 Å². The fourth-order valence-corrected chi connectivity index (χ4v) is 4.21. The molecule has 2 fully saturated rings. The molecule has 180 valence electrons. The smallest absolute Gasteiger partial charge is 0.411 e. The Bertz CT molecular complexity index is 1070. The van der Waals surface area contributed by atoms with Crippen molar-refractivity contribution in [2.45, 2.75) is 0 Å². The van der Waals surface area contributed by atoms with Gasteiger partial charge in [0.05, 0.1) is 18.5 Å². The topological polar surface area (TPSA) is 94.2 Å². The molecule has 0 unspecified atom stereocenters. The maximum atomic E-state index is 13.5. The first-order valence-electron chi connectivity index (χ1n) is 11.2. The van der Waals surface area contributed by atoms with Crippen LogP contribution in [0, 0.1) is 5.82 Å². The van der Waals surface area contributed by atoms with Crippen LogP contribution in [0.4, 0.5) is 20.6 Å². The molecule has 0 radical (unpaired) electrons. The molecular formula is C24H28FN5O4. The van der Waals surface area contributed by atoms with Gasteiger partial charge in [-0.2, -0.15) is 0 Å². The maximum absolute atomic E-state index is 13.5. The normalized spacial score (nSPS) is 16.2. The SMILES string of the molecule is COC(=O)Nc1cc(C(=O)N2CCNCC2)ccc1N1CCN(C(=O)c2cccc(F)c2)CC1. The van der Waals surface area contributed by atoms with Gasteiger partial charge >= 0.3 is 6.09 Å². The number of piperazine rings is 2. The molecule has 0 aliphatic carbocycles. The molecule has 10 heteroatoms. The average molecular weight is 470 g/mol. The van der Waals surface area contributed by atoms with Gasteiger partial charge in [-0.1, -0.05) is 6.07 Å². The monoisotopic (exact) mass is 469 g/mol. The van der Waals surface area contributed by atoms with Gasteiger partial charge in [-0.05, 0) is 36.4 Å². The Morgan fingerprint density at radius 1 is 0.882 bits per heavy atom. The Balaban J connectivity index is 1.49. The van der Waals surface area contributed by atoms with Crippen molar-refractivity contribution < 1.29 is 23.5 Å². The molecule has 0 spiro atoms. The van der Waals surface area contributed by atoms with Crippen LogP contribution in [0.3, 0.4) is 0 Å². The zero-order valence-electron chi connectivity index (χ0n) is 19.1. The van der Waals surface area contributed by atoms with E-state index in [1.165, 1.54) is 25.3 Å². The number of nitrogens with one attached hydrogen (secondary N) is 2. The minimum absolute atomic E-state index is 0.0912. The number of hydrogen-bond acceptors (Lipinski definition) is 6. The largest absolute Gasteiger partial charge is 0.453 e. The van der Waals surface area contributed by atoms with Crippen LogP contribution >= 0.6 is 0 Å². The number of ether oxygens (including phenoxy) is 1. The van der Waals surface area contributed by atoms with Gasteiger partial charge in [-0.3, -0.25) is 14.9 Å². The molecule has 0 atom stereocenters. The van der Waals surface area contributed by atoms with E-state index in [2.05, 4.69) is 10.6 Å². The van der Waals surface area contributed by atoms with Crippen molar-refractivity contribution in [3.8, 4) is 0 Å². The number of methoxy groups -OCH3 is 1. The van der Waals surface area contributed by atoms with E-state index in [0.29, 0.717) is 56.1 Å². The summed E-state index contributed by atoms with van der Waals surface area (Å²) in [6.07, 6.45) is -0.632. The van der Waals surface area contributed by atoms with Crippen molar-refractivity contribution >= 4 is 29.3 Å². The minimum atomic E-state index is -0.632. The van der Waals surface area contributed by atoms with Crippen LogP contribution in [0.1, 0.15) is 20.7 Å². The standard InChI is InChI=1S/C24H28FN5O4/c1-34-24(33)27-20-16-18(23(32)29-9-7-26-8-10-29)5-6-21(20)28-11-13-30(14-12-28)22(31)17-3-2-4-19(25)15-17/h2-6,15-16,26H,7-14H2,1H3,(H,27,33). The van der Waals surface area contributed by atoms with Crippen molar-refractivity contribution in [2.75, 3.05) is 69.7 Å². The van der Waals surface area contributed by atoms with Crippen molar-refractivity contribution in [1.29, 1.82) is 0 Å². The molecule has 4 rings (SSSR count). The van der Waals surface area contributed by atoms with E-state index in [1.807, 2.05) is 11.0 Å². The van der Waals surface area contributed by atoms with E-state index in [0.717, 1.165) is 18.8 Å². The van der Waals surface area contributed by atoms with Crippen LogP contribution in [0.15, 0.2) is 42.5 Å². The molecule has 3 amide bonds. The number of nitrogens with zero attached hydrogens (tertiary/aromatic N) is 3. The molecule has 2 aromatic rings. The molecule has 2 heterocycles. The van der Waals surface area contributed by atoms with Gasteiger partial charge in [0.1, 0.15) is 5.82 Å². The Hall–Kier alpha value is -3.66. The highest BCUT2D eigenvalue weighted by molar-refractivity contribution is 5.99. The third kappa shape index (κ3) is 5.28. The molecule has 0 aromatic heterocycles. The van der Waals surface area contributed by atoms with Gasteiger partial charge in [0.25, 0.3) is 11.8 Å². The van der Waals surface area contributed by atoms with E-state index < -0.39 is 11.9 Å².